The number of rotatable bonds is 13. The second-order valence-corrected chi connectivity index (χ2v) is 24.2. The molecule has 22 nitrogen and oxygen atoms in total. The van der Waals surface area contributed by atoms with Gasteiger partial charge in [0.25, 0.3) is 11.7 Å². The lowest BCUT2D eigenvalue weighted by molar-refractivity contribution is -0.265. The highest BCUT2D eigenvalue weighted by atomic mass is 16.8. The molecule has 17 atom stereocenters. The summed E-state index contributed by atoms with van der Waals surface area (Å²) >= 11 is 0. The van der Waals surface area contributed by atoms with Gasteiger partial charge in [-0.25, -0.2) is 14.4 Å². The van der Waals surface area contributed by atoms with E-state index in [0.717, 1.165) is 10.5 Å². The van der Waals surface area contributed by atoms with Crippen molar-refractivity contribution in [1.82, 2.24) is 4.90 Å². The molecule has 1 amide bonds. The van der Waals surface area contributed by atoms with Crippen LogP contribution in [0.4, 0.5) is 9.59 Å². The molecule has 84 heavy (non-hydrogen) atoms. The molecule has 474 valence electrons. The Balaban J connectivity index is 1.48. The number of nitrogens with zero attached hydrogens (tertiary/aromatic N) is 1. The second kappa shape index (κ2) is 32.7. The Bertz CT molecular complexity index is 2350. The van der Waals surface area contributed by atoms with E-state index in [1.165, 1.54) is 20.3 Å². The van der Waals surface area contributed by atoms with Gasteiger partial charge in [-0.1, -0.05) is 71.1 Å². The molecular formula is C62H95NO21. The standard InChI is InChI=1S/C62H95NO21/c1-36-18-14-13-15-19-37(2)50(74-10)30-45-23-21-42(7)62(73,84-45)56(68)57(69)63-25-17-16-20-47(63)58(70)80-51(39(4)28-43-22-24-49(52(29-43)75-11)81-59(71)78-34-46-35-79-61(8,9)83-46)31-48(66)38(3)27-41(6)54(55(76-12)53(67)40(5)26-36)82-60(72)77-33-44(65)32-64/h13-15,18-19,27,36,38-40,42-47,49-52,54-55,64-65,73H,16-17,20-26,28-35H2,1-12H3/b15-13?,18-14+,37-19?,41-27+/t36-,38-,39-,40-,42-,43+,44?,45?,46?,47?,49-,50+,51+,52-,54-,55+,62-/m1/s1. The van der Waals surface area contributed by atoms with Crippen molar-refractivity contribution < 1.29 is 101 Å². The third kappa shape index (κ3) is 19.8. The van der Waals surface area contributed by atoms with Gasteiger partial charge in [0.15, 0.2) is 23.8 Å². The summed E-state index contributed by atoms with van der Waals surface area (Å²) in [6, 6.07) is -1.25. The summed E-state index contributed by atoms with van der Waals surface area (Å²) in [5.41, 5.74) is 1.07. The largest absolute Gasteiger partial charge is 0.509 e. The number of carbonyl (C=O) groups is 7. The molecule has 2 bridgehead atoms. The molecule has 0 radical (unpaired) electrons. The molecule has 0 aromatic carbocycles. The molecule has 5 rings (SSSR count). The Morgan fingerprint density at radius 2 is 1.54 bits per heavy atom. The van der Waals surface area contributed by atoms with E-state index in [4.69, 9.17) is 52.1 Å². The van der Waals surface area contributed by atoms with E-state index in [1.807, 2.05) is 51.2 Å². The average molecular weight is 1190 g/mol. The molecule has 4 heterocycles. The van der Waals surface area contributed by atoms with Crippen LogP contribution in [0.3, 0.4) is 0 Å². The number of methoxy groups -OCH3 is 3. The van der Waals surface area contributed by atoms with Crippen LogP contribution >= 0.6 is 0 Å². The molecule has 0 spiro atoms. The van der Waals surface area contributed by atoms with E-state index >= 15 is 0 Å². The molecule has 4 aliphatic heterocycles. The minimum atomic E-state index is -2.50. The van der Waals surface area contributed by atoms with Crippen molar-refractivity contribution in [2.45, 2.75) is 212 Å². The fraction of sp³-hybridized carbons (Fsp3) is 0.758. The maximum absolute atomic E-state index is 14.8. The summed E-state index contributed by atoms with van der Waals surface area (Å²) in [6.07, 6.45) is 4.69. The average Bonchev–Trinajstić information content (AvgIpc) is 3.37. The van der Waals surface area contributed by atoms with E-state index in [9.17, 15) is 48.9 Å². The summed E-state index contributed by atoms with van der Waals surface area (Å²) in [5.74, 6) is -10.3. The van der Waals surface area contributed by atoms with Crippen molar-refractivity contribution in [2.75, 3.05) is 54.3 Å². The first-order valence-electron chi connectivity index (χ1n) is 29.8. The minimum absolute atomic E-state index is 0.0105. The van der Waals surface area contributed by atoms with Crippen LogP contribution in [0.2, 0.25) is 0 Å². The molecule has 4 unspecified atom stereocenters. The van der Waals surface area contributed by atoms with Gasteiger partial charge in [0, 0.05) is 58.5 Å². The van der Waals surface area contributed by atoms with Crippen LogP contribution in [0.5, 0.6) is 0 Å². The zero-order chi connectivity index (χ0) is 62.1. The predicted molar refractivity (Wildman–Crippen MR) is 304 cm³/mol. The number of Topliss-reactive ketones (excluding diaryl/α,β-unsaturated/α-hetero) is 3. The molecule has 1 aliphatic carbocycles. The van der Waals surface area contributed by atoms with Crippen molar-refractivity contribution in [1.29, 1.82) is 0 Å². The second-order valence-electron chi connectivity index (χ2n) is 24.2. The lowest BCUT2D eigenvalue weighted by Gasteiger charge is -2.42. The highest BCUT2D eigenvalue weighted by Crippen LogP contribution is 2.38. The van der Waals surface area contributed by atoms with Gasteiger partial charge in [-0.05, 0) is 121 Å². The van der Waals surface area contributed by atoms with Gasteiger partial charge >= 0.3 is 18.3 Å². The normalized spacial score (nSPS) is 35.6. The summed E-state index contributed by atoms with van der Waals surface area (Å²) in [4.78, 5) is 99.9. The molecule has 4 fully saturated rings. The molecule has 3 saturated heterocycles. The fourth-order valence-electron chi connectivity index (χ4n) is 11.9. The van der Waals surface area contributed by atoms with E-state index in [2.05, 4.69) is 0 Å². The lowest BCUT2D eigenvalue weighted by Crippen LogP contribution is -2.61. The number of fused-ring (bicyclic) bond motifs is 3. The first kappa shape index (κ1) is 69.9. The first-order chi connectivity index (χ1) is 39.7. The Hall–Kier alpha value is -4.91. The molecule has 22 heteroatoms. The van der Waals surface area contributed by atoms with Crippen molar-refractivity contribution in [3.63, 3.8) is 0 Å². The SMILES string of the molecule is CO[C@H]1CC2CC[C@@H](C)[C@@](O)(O2)C(=O)C(=O)N2CCCCC2C(=O)O[C@H]([C@H](C)C[C@@H]2CC[C@@H](OC(=O)OCC3COC(C)(C)O3)[C@H](OC)C2)CC(=O)[C@H](C)/C=C(\C)[C@@H](OC(=O)OCC(O)CO)[C@@H](OC)C(=O)[C@H](C)C[C@H](C)/C=C/C=CC=C1C. The van der Waals surface area contributed by atoms with Gasteiger partial charge in [-0.2, -0.15) is 0 Å². The third-order valence-corrected chi connectivity index (χ3v) is 17.0. The number of hydrogen-bond acceptors (Lipinski definition) is 21. The van der Waals surface area contributed by atoms with Crippen molar-refractivity contribution in [2.24, 2.45) is 35.5 Å². The number of hydrogen-bond donors (Lipinski definition) is 3. The first-order valence-corrected chi connectivity index (χ1v) is 29.8. The third-order valence-electron chi connectivity index (χ3n) is 17.0. The Morgan fingerprint density at radius 1 is 0.810 bits per heavy atom. The Labute approximate surface area is 495 Å². The maximum atomic E-state index is 14.8. The lowest BCUT2D eigenvalue weighted by atomic mass is 9.78. The predicted octanol–water partition coefficient (Wildman–Crippen LogP) is 7.01. The van der Waals surface area contributed by atoms with Crippen molar-refractivity contribution >= 4 is 41.5 Å². The topological polar surface area (TPSA) is 285 Å². The number of ether oxygens (including phenoxy) is 11. The number of cyclic esters (lactones) is 1. The Morgan fingerprint density at radius 3 is 2.20 bits per heavy atom. The summed E-state index contributed by atoms with van der Waals surface area (Å²) < 4.78 is 63.3. The van der Waals surface area contributed by atoms with Crippen LogP contribution in [0, 0.1) is 35.5 Å². The number of aliphatic hydroxyl groups is 3. The van der Waals surface area contributed by atoms with Crippen LogP contribution in [0.1, 0.15) is 139 Å². The fourth-order valence-corrected chi connectivity index (χ4v) is 11.9. The van der Waals surface area contributed by atoms with Gasteiger partial charge < -0.3 is 72.3 Å². The van der Waals surface area contributed by atoms with Gasteiger partial charge in [-0.3, -0.25) is 19.2 Å². The van der Waals surface area contributed by atoms with Crippen LogP contribution in [-0.4, -0.2) is 189 Å². The van der Waals surface area contributed by atoms with Gasteiger partial charge in [0.2, 0.25) is 5.79 Å². The highest BCUT2D eigenvalue weighted by molar-refractivity contribution is 6.39. The van der Waals surface area contributed by atoms with Gasteiger partial charge in [-0.15, -0.1) is 0 Å². The highest BCUT2D eigenvalue weighted by Gasteiger charge is 2.53. The monoisotopic (exact) mass is 1190 g/mol. The van der Waals surface area contributed by atoms with Crippen LogP contribution in [-0.2, 0) is 76.1 Å². The van der Waals surface area contributed by atoms with Crippen molar-refractivity contribution in [3.05, 3.63) is 47.6 Å². The molecular weight excluding hydrogens is 1090 g/mol. The molecule has 0 aromatic heterocycles. The van der Waals surface area contributed by atoms with Crippen LogP contribution < -0.4 is 0 Å². The van der Waals surface area contributed by atoms with Gasteiger partial charge in [0.1, 0.15) is 49.5 Å². The molecule has 5 aliphatic rings. The molecule has 3 N–H and O–H groups in total. The number of ketones is 3. The van der Waals surface area contributed by atoms with E-state index in [-0.39, 0.29) is 56.4 Å². The number of esters is 1. The quantitative estimate of drug-likeness (QED) is 0.0723. The summed E-state index contributed by atoms with van der Waals surface area (Å²) in [7, 11) is 4.36. The molecule has 0 aromatic rings. The number of allylic oxidation sites excluding steroid dienone is 6. The number of piperidine rings is 1. The smallest absolute Gasteiger partial charge is 0.460 e. The Kier molecular flexibility index (Phi) is 27.2. The van der Waals surface area contributed by atoms with Crippen LogP contribution in [0.25, 0.3) is 0 Å². The summed E-state index contributed by atoms with van der Waals surface area (Å²) in [6.45, 7) is 14.7. The van der Waals surface area contributed by atoms with E-state index in [1.54, 1.807) is 48.7 Å². The number of carbonyl (C=O) groups excluding carboxylic acids is 7. The van der Waals surface area contributed by atoms with Gasteiger partial charge in [0.05, 0.1) is 31.5 Å². The zero-order valence-electron chi connectivity index (χ0n) is 51.4. The van der Waals surface area contributed by atoms with Crippen LogP contribution in [0.15, 0.2) is 47.6 Å². The number of aliphatic hydroxyl groups excluding tert-OH is 2. The summed E-state index contributed by atoms with van der Waals surface area (Å²) in [5, 5.41) is 31.4. The van der Waals surface area contributed by atoms with E-state index in [0.29, 0.717) is 57.8 Å². The van der Waals surface area contributed by atoms with Crippen molar-refractivity contribution in [3.8, 4) is 0 Å². The number of amides is 1. The minimum Gasteiger partial charge on any atom is -0.460 e. The maximum Gasteiger partial charge on any atom is 0.509 e. The van der Waals surface area contributed by atoms with E-state index < -0.39 is 151 Å². The zero-order valence-corrected chi connectivity index (χ0v) is 51.4. The molecule has 1 saturated carbocycles.